The molecule has 19 heavy (non-hydrogen) atoms. The van der Waals surface area contributed by atoms with Crippen LogP contribution in [0.3, 0.4) is 0 Å². The predicted molar refractivity (Wildman–Crippen MR) is 83.3 cm³/mol. The van der Waals surface area contributed by atoms with Gasteiger partial charge < -0.3 is 10.1 Å². The summed E-state index contributed by atoms with van der Waals surface area (Å²) in [5.41, 5.74) is 1.28. The molecular formula is C16H26ClNO. The van der Waals surface area contributed by atoms with Gasteiger partial charge in [-0.25, -0.2) is 0 Å². The molecule has 0 amide bonds. The highest BCUT2D eigenvalue weighted by atomic mass is 35.5. The van der Waals surface area contributed by atoms with Crippen molar-refractivity contribution in [3.63, 3.8) is 0 Å². The Morgan fingerprint density at radius 1 is 1.16 bits per heavy atom. The van der Waals surface area contributed by atoms with Gasteiger partial charge in [-0.2, -0.15) is 0 Å². The quantitative estimate of drug-likeness (QED) is 0.739. The Kier molecular flexibility index (Phi) is 6.67. The van der Waals surface area contributed by atoms with Gasteiger partial charge in [0, 0.05) is 10.6 Å². The Hall–Kier alpha value is -0.730. The van der Waals surface area contributed by atoms with Gasteiger partial charge in [0.1, 0.15) is 5.75 Å². The van der Waals surface area contributed by atoms with Crippen molar-refractivity contribution in [3.05, 3.63) is 28.8 Å². The van der Waals surface area contributed by atoms with Gasteiger partial charge in [-0.3, -0.25) is 0 Å². The second-order valence-electron chi connectivity index (χ2n) is 6.00. The number of benzene rings is 1. The normalized spacial score (nSPS) is 11.6. The summed E-state index contributed by atoms with van der Waals surface area (Å²) in [6.07, 6.45) is 3.48. The lowest BCUT2D eigenvalue weighted by Gasteiger charge is -2.20. The van der Waals surface area contributed by atoms with Crippen LogP contribution >= 0.6 is 11.6 Å². The molecule has 0 spiro atoms. The smallest absolute Gasteiger partial charge is 0.119 e. The molecule has 0 aliphatic rings. The highest BCUT2D eigenvalue weighted by molar-refractivity contribution is 6.31. The third-order valence-electron chi connectivity index (χ3n) is 2.87. The fourth-order valence-corrected chi connectivity index (χ4v) is 1.88. The van der Waals surface area contributed by atoms with Crippen LogP contribution in [0.15, 0.2) is 18.2 Å². The molecule has 1 rings (SSSR count). The van der Waals surface area contributed by atoms with E-state index in [1.165, 1.54) is 12.8 Å². The molecular weight excluding hydrogens is 258 g/mol. The van der Waals surface area contributed by atoms with E-state index in [-0.39, 0.29) is 5.54 Å². The van der Waals surface area contributed by atoms with Crippen molar-refractivity contribution < 1.29 is 4.74 Å². The summed E-state index contributed by atoms with van der Waals surface area (Å²) in [4.78, 5) is 0. The molecule has 0 radical (unpaired) electrons. The molecule has 1 N–H and O–H groups in total. The van der Waals surface area contributed by atoms with Gasteiger partial charge in [-0.05, 0) is 77.3 Å². The minimum atomic E-state index is 0.220. The number of aryl methyl sites for hydroxylation is 1. The van der Waals surface area contributed by atoms with Crippen LogP contribution in [0, 0.1) is 6.92 Å². The second kappa shape index (κ2) is 7.76. The topological polar surface area (TPSA) is 21.3 Å². The summed E-state index contributed by atoms with van der Waals surface area (Å²) in [5, 5.41) is 4.28. The summed E-state index contributed by atoms with van der Waals surface area (Å²) >= 11 is 5.97. The number of hydrogen-bond donors (Lipinski definition) is 1. The summed E-state index contributed by atoms with van der Waals surface area (Å²) < 4.78 is 5.71. The zero-order valence-corrected chi connectivity index (χ0v) is 13.3. The lowest BCUT2D eigenvalue weighted by Crippen LogP contribution is -2.36. The minimum absolute atomic E-state index is 0.220. The van der Waals surface area contributed by atoms with Gasteiger partial charge in [0.25, 0.3) is 0 Å². The first-order valence-corrected chi connectivity index (χ1v) is 7.40. The van der Waals surface area contributed by atoms with E-state index >= 15 is 0 Å². The minimum Gasteiger partial charge on any atom is -0.494 e. The van der Waals surface area contributed by atoms with Crippen LogP contribution in [0.1, 0.15) is 45.6 Å². The number of nitrogens with one attached hydrogen (secondary N) is 1. The fraction of sp³-hybridized carbons (Fsp3) is 0.625. The van der Waals surface area contributed by atoms with E-state index in [0.717, 1.165) is 35.9 Å². The standard InChI is InChI=1S/C16H26ClNO/c1-13-12-14(8-9-15(13)17)19-11-7-5-6-10-18-16(2,3)4/h8-9,12,18H,5-7,10-11H2,1-4H3. The van der Waals surface area contributed by atoms with Crippen LogP contribution in [0.4, 0.5) is 0 Å². The Balaban J connectivity index is 2.09. The van der Waals surface area contributed by atoms with Crippen molar-refractivity contribution >= 4 is 11.6 Å². The van der Waals surface area contributed by atoms with Crippen LogP contribution in [0.2, 0.25) is 5.02 Å². The number of unbranched alkanes of at least 4 members (excludes halogenated alkanes) is 2. The maximum atomic E-state index is 5.97. The maximum absolute atomic E-state index is 5.97. The number of rotatable bonds is 7. The Bertz CT molecular complexity index is 385. The number of halogens is 1. The highest BCUT2D eigenvalue weighted by Crippen LogP contribution is 2.21. The SMILES string of the molecule is Cc1cc(OCCCCCNC(C)(C)C)ccc1Cl. The summed E-state index contributed by atoms with van der Waals surface area (Å²) in [6, 6.07) is 5.81. The number of hydrogen-bond acceptors (Lipinski definition) is 2. The monoisotopic (exact) mass is 283 g/mol. The van der Waals surface area contributed by atoms with Gasteiger partial charge in [0.15, 0.2) is 0 Å². The van der Waals surface area contributed by atoms with Gasteiger partial charge in [0.05, 0.1) is 6.61 Å². The first-order valence-electron chi connectivity index (χ1n) is 7.02. The molecule has 1 aromatic carbocycles. The second-order valence-corrected chi connectivity index (χ2v) is 6.40. The van der Waals surface area contributed by atoms with Crippen molar-refractivity contribution in [2.24, 2.45) is 0 Å². The van der Waals surface area contributed by atoms with Crippen molar-refractivity contribution in [2.75, 3.05) is 13.2 Å². The van der Waals surface area contributed by atoms with Crippen LogP contribution < -0.4 is 10.1 Å². The largest absolute Gasteiger partial charge is 0.494 e. The Morgan fingerprint density at radius 2 is 1.89 bits per heavy atom. The van der Waals surface area contributed by atoms with Crippen LogP contribution in [0.25, 0.3) is 0 Å². The van der Waals surface area contributed by atoms with E-state index in [1.807, 2.05) is 25.1 Å². The van der Waals surface area contributed by atoms with Crippen molar-refractivity contribution in [1.29, 1.82) is 0 Å². The van der Waals surface area contributed by atoms with Crippen molar-refractivity contribution in [2.45, 2.75) is 52.5 Å². The first kappa shape index (κ1) is 16.3. The van der Waals surface area contributed by atoms with E-state index in [0.29, 0.717) is 0 Å². The first-order chi connectivity index (χ1) is 8.88. The molecule has 108 valence electrons. The average molecular weight is 284 g/mol. The molecule has 0 unspecified atom stereocenters. The maximum Gasteiger partial charge on any atom is 0.119 e. The van der Waals surface area contributed by atoms with Crippen LogP contribution in [-0.4, -0.2) is 18.7 Å². The molecule has 0 aliphatic heterocycles. The highest BCUT2D eigenvalue weighted by Gasteiger charge is 2.06. The van der Waals surface area contributed by atoms with E-state index in [4.69, 9.17) is 16.3 Å². The predicted octanol–water partition coefficient (Wildman–Crippen LogP) is 4.59. The van der Waals surface area contributed by atoms with E-state index in [1.54, 1.807) is 0 Å². The zero-order chi connectivity index (χ0) is 14.3. The molecule has 0 saturated heterocycles. The van der Waals surface area contributed by atoms with E-state index in [2.05, 4.69) is 26.1 Å². The molecule has 0 bridgehead atoms. The third kappa shape index (κ3) is 7.44. The van der Waals surface area contributed by atoms with Gasteiger partial charge in [-0.15, -0.1) is 0 Å². The summed E-state index contributed by atoms with van der Waals surface area (Å²) in [5.74, 6) is 0.912. The molecule has 0 atom stereocenters. The molecule has 0 aliphatic carbocycles. The third-order valence-corrected chi connectivity index (χ3v) is 3.30. The fourth-order valence-electron chi connectivity index (χ4n) is 1.76. The van der Waals surface area contributed by atoms with Gasteiger partial charge in [0.2, 0.25) is 0 Å². The summed E-state index contributed by atoms with van der Waals surface area (Å²) in [7, 11) is 0. The lowest BCUT2D eigenvalue weighted by atomic mass is 10.1. The van der Waals surface area contributed by atoms with Crippen molar-refractivity contribution in [1.82, 2.24) is 5.32 Å². The molecule has 1 aromatic rings. The Labute approximate surface area is 122 Å². The zero-order valence-electron chi connectivity index (χ0n) is 12.6. The molecule has 2 nitrogen and oxygen atoms in total. The summed E-state index contributed by atoms with van der Waals surface area (Å²) in [6.45, 7) is 10.4. The van der Waals surface area contributed by atoms with Crippen LogP contribution in [0.5, 0.6) is 5.75 Å². The van der Waals surface area contributed by atoms with Gasteiger partial charge in [-0.1, -0.05) is 11.6 Å². The van der Waals surface area contributed by atoms with E-state index < -0.39 is 0 Å². The van der Waals surface area contributed by atoms with Crippen LogP contribution in [-0.2, 0) is 0 Å². The molecule has 0 heterocycles. The Morgan fingerprint density at radius 3 is 2.53 bits per heavy atom. The number of ether oxygens (including phenoxy) is 1. The average Bonchev–Trinajstić information content (AvgIpc) is 2.31. The molecule has 3 heteroatoms. The molecule has 0 saturated carbocycles. The molecule has 0 fully saturated rings. The molecule has 0 aromatic heterocycles. The lowest BCUT2D eigenvalue weighted by molar-refractivity contribution is 0.303. The van der Waals surface area contributed by atoms with E-state index in [9.17, 15) is 0 Å². The van der Waals surface area contributed by atoms with Crippen molar-refractivity contribution in [3.8, 4) is 5.75 Å². The van der Waals surface area contributed by atoms with Gasteiger partial charge >= 0.3 is 0 Å².